The highest BCUT2D eigenvalue weighted by Crippen LogP contribution is 2.42. The summed E-state index contributed by atoms with van der Waals surface area (Å²) < 4.78 is 42.2. The lowest BCUT2D eigenvalue weighted by molar-refractivity contribution is -0.148. The van der Waals surface area contributed by atoms with Crippen LogP contribution in [0.3, 0.4) is 0 Å². The second kappa shape index (κ2) is 11.6. The lowest BCUT2D eigenvalue weighted by Gasteiger charge is -2.36. The van der Waals surface area contributed by atoms with E-state index in [0.717, 1.165) is 11.3 Å². The molecular weight excluding hydrogens is 602 g/mol. The zero-order valence-electron chi connectivity index (χ0n) is 24.7. The summed E-state index contributed by atoms with van der Waals surface area (Å²) in [6.45, 7) is 12.5. The molecule has 1 atom stereocenters. The number of aromatic nitrogens is 3. The first-order valence-corrected chi connectivity index (χ1v) is 14.9. The Morgan fingerprint density at radius 1 is 1.07 bits per heavy atom. The van der Waals surface area contributed by atoms with Gasteiger partial charge in [0.25, 0.3) is 0 Å². The fraction of sp³-hybridized carbons (Fsp3) is 0.448. The number of aliphatic hydroxyl groups excluding tert-OH is 1. The van der Waals surface area contributed by atoms with Crippen LogP contribution < -0.4 is 10.2 Å². The van der Waals surface area contributed by atoms with Crippen LogP contribution in [0.1, 0.15) is 41.5 Å². The minimum Gasteiger partial charge on any atom is -0.444 e. The van der Waals surface area contributed by atoms with Gasteiger partial charge in [-0.2, -0.15) is 0 Å². The quantitative estimate of drug-likeness (QED) is 0.241. The molecule has 5 rings (SSSR count). The molecule has 0 saturated carbocycles. The summed E-state index contributed by atoms with van der Waals surface area (Å²) in [5, 5.41) is 13.6. The second-order valence-electron chi connectivity index (χ2n) is 12.1. The zero-order chi connectivity index (χ0) is 31.3. The predicted octanol–water partition coefficient (Wildman–Crippen LogP) is 6.40. The molecule has 0 spiro atoms. The van der Waals surface area contributed by atoms with Gasteiger partial charge in [-0.05, 0) is 59.7 Å². The van der Waals surface area contributed by atoms with E-state index in [0.29, 0.717) is 37.4 Å². The van der Waals surface area contributed by atoms with Crippen molar-refractivity contribution in [3.05, 3.63) is 41.2 Å². The number of hydrogen-bond donors (Lipinski definition) is 2. The normalized spacial score (nSPS) is 15.3. The molecule has 230 valence electrons. The molecule has 3 heterocycles. The van der Waals surface area contributed by atoms with Gasteiger partial charge in [-0.3, -0.25) is 0 Å². The van der Waals surface area contributed by atoms with Crippen LogP contribution in [0.15, 0.2) is 24.5 Å². The van der Waals surface area contributed by atoms with Crippen LogP contribution in [0.25, 0.3) is 32.2 Å². The first kappa shape index (κ1) is 31.0. The van der Waals surface area contributed by atoms with Crippen LogP contribution >= 0.6 is 22.9 Å². The Bertz CT molecular complexity index is 1680. The molecule has 1 saturated heterocycles. The Balaban J connectivity index is 1.47. The van der Waals surface area contributed by atoms with Gasteiger partial charge in [-0.15, -0.1) is 0 Å². The summed E-state index contributed by atoms with van der Waals surface area (Å²) in [5.41, 5.74) is -0.753. The van der Waals surface area contributed by atoms with E-state index in [-0.39, 0.29) is 43.1 Å². The molecule has 1 unspecified atom stereocenters. The van der Waals surface area contributed by atoms with Gasteiger partial charge in [0.05, 0.1) is 20.8 Å². The molecule has 1 fully saturated rings. The average molecular weight is 635 g/mol. The number of ether oxygens (including phenoxy) is 2. The van der Waals surface area contributed by atoms with E-state index in [2.05, 4.69) is 20.3 Å². The number of hydrogen-bond acceptors (Lipinski definition) is 10. The van der Waals surface area contributed by atoms with Crippen LogP contribution in [-0.4, -0.2) is 74.8 Å². The number of halogens is 3. The maximum Gasteiger partial charge on any atom is 0.410 e. The van der Waals surface area contributed by atoms with Crippen molar-refractivity contribution < 1.29 is 28.2 Å². The van der Waals surface area contributed by atoms with Gasteiger partial charge in [-0.25, -0.2) is 28.5 Å². The van der Waals surface area contributed by atoms with Crippen LogP contribution in [0.2, 0.25) is 5.02 Å². The summed E-state index contributed by atoms with van der Waals surface area (Å²) in [6.07, 6.45) is -0.504. The third kappa shape index (κ3) is 6.74. The maximum absolute atomic E-state index is 16.3. The first-order chi connectivity index (χ1) is 20.1. The van der Waals surface area contributed by atoms with Crippen LogP contribution in [0.5, 0.6) is 0 Å². The minimum atomic E-state index is -1.39. The van der Waals surface area contributed by atoms with E-state index >= 15 is 4.39 Å². The van der Waals surface area contributed by atoms with Crippen molar-refractivity contribution in [2.75, 3.05) is 36.4 Å². The highest BCUT2D eigenvalue weighted by molar-refractivity contribution is 7.22. The van der Waals surface area contributed by atoms with E-state index in [1.807, 2.05) is 25.7 Å². The monoisotopic (exact) mass is 634 g/mol. The second-order valence-corrected chi connectivity index (χ2v) is 13.5. The van der Waals surface area contributed by atoms with Crippen molar-refractivity contribution in [2.45, 2.75) is 59.2 Å². The van der Waals surface area contributed by atoms with E-state index in [4.69, 9.17) is 21.1 Å². The molecule has 1 aliphatic rings. The maximum atomic E-state index is 16.3. The zero-order valence-corrected chi connectivity index (χ0v) is 26.2. The topological polar surface area (TPSA) is 113 Å². The predicted molar refractivity (Wildman–Crippen MR) is 164 cm³/mol. The number of nitrogens with one attached hydrogen (secondary N) is 1. The number of thiazole rings is 1. The van der Waals surface area contributed by atoms with Gasteiger partial charge >= 0.3 is 6.09 Å². The van der Waals surface area contributed by atoms with E-state index in [1.54, 1.807) is 31.7 Å². The number of rotatable bonds is 5. The summed E-state index contributed by atoms with van der Waals surface area (Å²) in [4.78, 5) is 29.1. The van der Waals surface area contributed by atoms with Crippen molar-refractivity contribution in [3.63, 3.8) is 0 Å². The number of aliphatic hydroxyl groups is 1. The van der Waals surface area contributed by atoms with Crippen LogP contribution in [-0.2, 0) is 9.47 Å². The van der Waals surface area contributed by atoms with Gasteiger partial charge < -0.3 is 29.7 Å². The van der Waals surface area contributed by atoms with Crippen molar-refractivity contribution in [3.8, 4) is 11.1 Å². The van der Waals surface area contributed by atoms with Crippen molar-refractivity contribution >= 4 is 61.1 Å². The molecule has 0 bridgehead atoms. The van der Waals surface area contributed by atoms with Gasteiger partial charge in [-0.1, -0.05) is 22.9 Å². The average Bonchev–Trinajstić information content (AvgIpc) is 3.32. The van der Waals surface area contributed by atoms with Crippen molar-refractivity contribution in [2.24, 2.45) is 0 Å². The smallest absolute Gasteiger partial charge is 0.410 e. The Hall–Kier alpha value is -3.39. The SMILES string of the molecule is CC(C)(C)OC(=O)N1CCN(c2ncnc3c(F)c(-c4ccc(F)c5sc(NC(O)OC(C)(C)C)nc45)c(Cl)cc23)CC1. The molecular formula is C29H33ClF2N6O4S. The largest absolute Gasteiger partial charge is 0.444 e. The Labute approximate surface area is 256 Å². The van der Waals surface area contributed by atoms with Gasteiger partial charge in [0, 0.05) is 42.7 Å². The highest BCUT2D eigenvalue weighted by Gasteiger charge is 2.29. The minimum absolute atomic E-state index is 0.0156. The van der Waals surface area contributed by atoms with Crippen LogP contribution in [0.4, 0.5) is 24.5 Å². The Morgan fingerprint density at radius 3 is 2.42 bits per heavy atom. The Morgan fingerprint density at radius 2 is 1.77 bits per heavy atom. The Kier molecular flexibility index (Phi) is 8.38. The fourth-order valence-corrected chi connectivity index (χ4v) is 5.95. The molecule has 4 aromatic rings. The lowest BCUT2D eigenvalue weighted by Crippen LogP contribution is -2.50. The lowest BCUT2D eigenvalue weighted by atomic mass is 10.0. The standard InChI is InChI=1S/C29H33ClF2N6O4S/c1-28(2,3)41-26(39)36-25-35-22-15(7-8-18(31)23(22)43-25)19-17(30)13-16-21(20(19)32)33-14-34-24(16)37-9-11-38(12-10-37)27(40)42-29(4,5)6/h7-8,13-14,26,39H,9-12H2,1-6H3,(H,35,36). The third-order valence-electron chi connectivity index (χ3n) is 6.51. The summed E-state index contributed by atoms with van der Waals surface area (Å²) in [7, 11) is 0. The van der Waals surface area contributed by atoms with Crippen molar-refractivity contribution in [1.29, 1.82) is 0 Å². The molecule has 0 aliphatic carbocycles. The molecule has 0 radical (unpaired) electrons. The molecule has 2 aromatic carbocycles. The summed E-state index contributed by atoms with van der Waals surface area (Å²) in [6, 6.07) is 4.22. The van der Waals surface area contributed by atoms with Gasteiger partial charge in [0.15, 0.2) is 10.9 Å². The summed E-state index contributed by atoms with van der Waals surface area (Å²) >= 11 is 7.66. The van der Waals surface area contributed by atoms with Gasteiger partial charge in [0.2, 0.25) is 6.41 Å². The van der Waals surface area contributed by atoms with E-state index in [9.17, 15) is 14.3 Å². The molecule has 14 heteroatoms. The molecule has 1 amide bonds. The summed E-state index contributed by atoms with van der Waals surface area (Å²) in [5.74, 6) is -0.772. The number of fused-ring (bicyclic) bond motifs is 2. The highest BCUT2D eigenvalue weighted by atomic mass is 35.5. The van der Waals surface area contributed by atoms with Gasteiger partial charge in [0.1, 0.15) is 29.1 Å². The van der Waals surface area contributed by atoms with Crippen molar-refractivity contribution in [1.82, 2.24) is 19.9 Å². The number of amides is 1. The van der Waals surface area contributed by atoms with Crippen LogP contribution in [0, 0.1) is 11.6 Å². The van der Waals surface area contributed by atoms with E-state index in [1.165, 1.54) is 18.5 Å². The molecule has 43 heavy (non-hydrogen) atoms. The molecule has 1 aliphatic heterocycles. The molecule has 2 aromatic heterocycles. The first-order valence-electron chi connectivity index (χ1n) is 13.7. The van der Waals surface area contributed by atoms with E-state index < -0.39 is 29.3 Å². The number of carbonyl (C=O) groups excluding carboxylic acids is 1. The number of benzene rings is 2. The number of nitrogens with zero attached hydrogens (tertiary/aromatic N) is 5. The molecule has 10 nitrogen and oxygen atoms in total. The molecule has 2 N–H and O–H groups in total. The third-order valence-corrected chi connectivity index (χ3v) is 7.80. The number of anilines is 2. The number of piperazine rings is 1. The number of carbonyl (C=O) groups is 1. The fourth-order valence-electron chi connectivity index (χ4n) is 4.75.